The smallest absolute Gasteiger partial charge is 0.335 e. The molecule has 1 saturated heterocycles. The van der Waals surface area contributed by atoms with E-state index in [0.29, 0.717) is 11.1 Å². The first kappa shape index (κ1) is 35.9. The summed E-state index contributed by atoms with van der Waals surface area (Å²) in [4.78, 5) is 23.0. The molecule has 0 saturated carbocycles. The second kappa shape index (κ2) is 13.8. The summed E-state index contributed by atoms with van der Waals surface area (Å²) in [5, 5.41) is 19.3. The summed E-state index contributed by atoms with van der Waals surface area (Å²) in [5.74, 6) is -4.19. The van der Waals surface area contributed by atoms with Gasteiger partial charge in [-0.05, 0) is 60.4 Å². The molecule has 1 fully saturated rings. The van der Waals surface area contributed by atoms with Crippen LogP contribution >= 0.6 is 0 Å². The number of sulfone groups is 1. The maximum Gasteiger partial charge on any atom is 0.335 e. The third-order valence-corrected chi connectivity index (χ3v) is 14.2. The molecule has 0 amide bonds. The molecule has 258 valence electrons. The molecular weight excluding hydrogens is 693 g/mol. The molecule has 0 aromatic heterocycles. The largest absolute Gasteiger partial charge is 0.478 e. The Labute approximate surface area is 285 Å². The van der Waals surface area contributed by atoms with E-state index in [4.69, 9.17) is 0 Å². The predicted octanol–water partition coefficient (Wildman–Crippen LogP) is 3.95. The summed E-state index contributed by atoms with van der Waals surface area (Å²) in [6, 6.07) is 20.9. The van der Waals surface area contributed by atoms with Gasteiger partial charge in [-0.1, -0.05) is 72.8 Å². The summed E-state index contributed by atoms with van der Waals surface area (Å²) in [5.41, 5.74) is 0.751. The molecule has 4 aromatic rings. The Morgan fingerprint density at radius 1 is 0.633 bits per heavy atom. The first-order chi connectivity index (χ1) is 23.0. The lowest BCUT2D eigenvalue weighted by Crippen LogP contribution is -2.54. The highest BCUT2D eigenvalue weighted by atomic mass is 32.2. The lowest BCUT2D eigenvalue weighted by molar-refractivity contribution is 0.0685. The van der Waals surface area contributed by atoms with Crippen LogP contribution in [0.1, 0.15) is 43.0 Å². The number of nitrogens with zero attached hydrogens (tertiary/aromatic N) is 2. The number of aromatic carboxylic acids is 2. The Morgan fingerprint density at radius 2 is 0.980 bits per heavy atom. The molecule has 1 aliphatic rings. The van der Waals surface area contributed by atoms with Crippen LogP contribution in [0.4, 0.5) is 0 Å². The van der Waals surface area contributed by atoms with Crippen molar-refractivity contribution in [1.82, 2.24) is 8.61 Å². The fraction of sp³-hybridized carbons (Fsp3) is 0.235. The van der Waals surface area contributed by atoms with E-state index in [-0.39, 0.29) is 45.1 Å². The van der Waals surface area contributed by atoms with E-state index in [1.54, 1.807) is 60.7 Å². The van der Waals surface area contributed by atoms with E-state index in [0.717, 1.165) is 20.7 Å². The van der Waals surface area contributed by atoms with Crippen molar-refractivity contribution >= 4 is 41.8 Å². The summed E-state index contributed by atoms with van der Waals surface area (Å²) in [6.45, 7) is 2.24. The van der Waals surface area contributed by atoms with Crippen molar-refractivity contribution in [3.05, 3.63) is 130 Å². The van der Waals surface area contributed by atoms with Crippen LogP contribution < -0.4 is 0 Å². The molecule has 0 aliphatic carbocycles. The molecule has 49 heavy (non-hydrogen) atoms. The van der Waals surface area contributed by atoms with Gasteiger partial charge in [0.15, 0.2) is 9.84 Å². The zero-order valence-electron chi connectivity index (χ0n) is 26.5. The predicted molar refractivity (Wildman–Crippen MR) is 181 cm³/mol. The minimum absolute atomic E-state index is 0.204. The van der Waals surface area contributed by atoms with E-state index in [2.05, 4.69) is 0 Å². The number of hydrogen-bond donors (Lipinski definition) is 2. The van der Waals surface area contributed by atoms with Gasteiger partial charge in [-0.15, -0.1) is 0 Å². The minimum atomic E-state index is -4.69. The molecule has 2 atom stereocenters. The molecule has 4 aromatic carbocycles. The number of carboxylic acid groups (broad SMARTS) is 2. The van der Waals surface area contributed by atoms with Gasteiger partial charge in [0.2, 0.25) is 20.0 Å². The lowest BCUT2D eigenvalue weighted by atomic mass is 10.1. The highest BCUT2D eigenvalue weighted by Gasteiger charge is 2.51. The Balaban J connectivity index is 1.74. The monoisotopic (exact) mass is 726 g/mol. The van der Waals surface area contributed by atoms with Crippen molar-refractivity contribution in [2.24, 2.45) is 0 Å². The van der Waals surface area contributed by atoms with Crippen LogP contribution in [0.15, 0.2) is 107 Å². The first-order valence-electron chi connectivity index (χ1n) is 15.0. The second-order valence-corrected chi connectivity index (χ2v) is 17.7. The van der Waals surface area contributed by atoms with Crippen LogP contribution in [0, 0.1) is 13.8 Å². The van der Waals surface area contributed by atoms with E-state index < -0.39 is 65.4 Å². The van der Waals surface area contributed by atoms with Gasteiger partial charge in [0.05, 0.1) is 44.5 Å². The van der Waals surface area contributed by atoms with Crippen LogP contribution in [0.2, 0.25) is 0 Å². The van der Waals surface area contributed by atoms with Crippen LogP contribution in [0.25, 0.3) is 0 Å². The average molecular weight is 727 g/mol. The van der Waals surface area contributed by atoms with Crippen molar-refractivity contribution < 1.29 is 45.1 Å². The number of carbonyl (C=O) groups is 2. The quantitative estimate of drug-likeness (QED) is 0.217. The van der Waals surface area contributed by atoms with E-state index in [9.17, 15) is 45.1 Å². The number of sulfonamides is 2. The van der Waals surface area contributed by atoms with Gasteiger partial charge in [-0.3, -0.25) is 0 Å². The van der Waals surface area contributed by atoms with Crippen LogP contribution in [-0.2, 0) is 43.0 Å². The molecule has 15 heteroatoms. The highest BCUT2D eigenvalue weighted by Crippen LogP contribution is 2.35. The summed E-state index contributed by atoms with van der Waals surface area (Å²) >= 11 is 0. The average Bonchev–Trinajstić information content (AvgIpc) is 3.37. The standard InChI is InChI=1S/C34H34N2O10S3/c1-23-13-15-27(33(37)38)17-31(23)48(43,44)35(19-25-9-5-3-6-10-25)29-21-47(41,42)22-30(29)36(20-26-11-7-4-8-12-26)49(45,46)32-18-28(34(39)40)16-14-24(32)2/h3-18,29-30H,19-22H2,1-2H3,(H,37,38)(H,39,40)/t29-,30-/m1/s1. The van der Waals surface area contributed by atoms with Gasteiger partial charge in [0.25, 0.3) is 0 Å². The molecule has 5 rings (SSSR count). The van der Waals surface area contributed by atoms with Gasteiger partial charge in [0.1, 0.15) is 0 Å². The van der Waals surface area contributed by atoms with Gasteiger partial charge in [0, 0.05) is 13.1 Å². The number of hydrogen-bond acceptors (Lipinski definition) is 8. The SMILES string of the molecule is Cc1ccc(C(=O)O)cc1S(=O)(=O)N(Cc1ccccc1)[C@@H]1CS(=O)(=O)C[C@H]1N(Cc1ccccc1)S(=O)(=O)c1cc(C(=O)O)ccc1C. The molecule has 0 unspecified atom stereocenters. The minimum Gasteiger partial charge on any atom is -0.478 e. The Bertz CT molecular complexity index is 2070. The summed E-state index contributed by atoms with van der Waals surface area (Å²) in [7, 11) is -13.4. The van der Waals surface area contributed by atoms with Crippen LogP contribution in [0.3, 0.4) is 0 Å². The van der Waals surface area contributed by atoms with Crippen molar-refractivity contribution in [2.45, 2.75) is 48.8 Å². The lowest BCUT2D eigenvalue weighted by Gasteiger charge is -2.37. The molecule has 0 spiro atoms. The van der Waals surface area contributed by atoms with Gasteiger partial charge >= 0.3 is 11.9 Å². The third-order valence-electron chi connectivity index (χ3n) is 8.44. The third kappa shape index (κ3) is 7.60. The second-order valence-electron chi connectivity index (χ2n) is 11.9. The summed E-state index contributed by atoms with van der Waals surface area (Å²) < 4.78 is 87.5. The Morgan fingerprint density at radius 3 is 1.31 bits per heavy atom. The number of carboxylic acids is 2. The topological polar surface area (TPSA) is 183 Å². The molecular formula is C34H34N2O10S3. The zero-order valence-corrected chi connectivity index (χ0v) is 28.9. The van der Waals surface area contributed by atoms with E-state index in [1.807, 2.05) is 0 Å². The van der Waals surface area contributed by atoms with Crippen molar-refractivity contribution in [3.63, 3.8) is 0 Å². The Kier molecular flexibility index (Phi) is 10.1. The normalized spacial score (nSPS) is 17.7. The molecule has 0 bridgehead atoms. The number of rotatable bonds is 12. The Hall–Kier alpha value is -4.41. The highest BCUT2D eigenvalue weighted by molar-refractivity contribution is 7.92. The van der Waals surface area contributed by atoms with Crippen LogP contribution in [0.5, 0.6) is 0 Å². The maximum absolute atomic E-state index is 14.7. The van der Waals surface area contributed by atoms with E-state index >= 15 is 0 Å². The molecule has 1 aliphatic heterocycles. The fourth-order valence-corrected chi connectivity index (χ4v) is 11.9. The fourth-order valence-electron chi connectivity index (χ4n) is 5.92. The van der Waals surface area contributed by atoms with Gasteiger partial charge in [-0.2, -0.15) is 8.61 Å². The molecule has 0 radical (unpaired) electrons. The molecule has 2 N–H and O–H groups in total. The van der Waals surface area contributed by atoms with Crippen molar-refractivity contribution in [3.8, 4) is 0 Å². The molecule has 12 nitrogen and oxygen atoms in total. The van der Waals surface area contributed by atoms with Gasteiger partial charge in [-0.25, -0.2) is 34.8 Å². The molecule has 1 heterocycles. The van der Waals surface area contributed by atoms with E-state index in [1.165, 1.54) is 38.1 Å². The van der Waals surface area contributed by atoms with Crippen molar-refractivity contribution in [1.29, 1.82) is 0 Å². The van der Waals surface area contributed by atoms with Gasteiger partial charge < -0.3 is 10.2 Å². The van der Waals surface area contributed by atoms with Crippen LogP contribution in [-0.4, -0.2) is 79.6 Å². The zero-order chi connectivity index (χ0) is 35.7. The number of aryl methyl sites for hydroxylation is 2. The summed E-state index contributed by atoms with van der Waals surface area (Å²) in [6.07, 6.45) is 0. The first-order valence-corrected chi connectivity index (χ1v) is 19.7. The van der Waals surface area contributed by atoms with Crippen molar-refractivity contribution in [2.75, 3.05) is 11.5 Å². The maximum atomic E-state index is 14.7. The number of benzene rings is 4.